The van der Waals surface area contributed by atoms with Crippen LogP contribution in [0.4, 0.5) is 0 Å². The van der Waals surface area contributed by atoms with Crippen molar-refractivity contribution in [1.82, 2.24) is 0 Å². The molecule has 1 rings (SSSR count). The van der Waals surface area contributed by atoms with E-state index in [0.29, 0.717) is 20.8 Å². The number of esters is 1. The van der Waals surface area contributed by atoms with E-state index in [1.54, 1.807) is 6.92 Å². The Labute approximate surface area is 115 Å². The van der Waals surface area contributed by atoms with E-state index in [0.717, 1.165) is 0 Å². The standard InChI is InChI=1S/C11H11Cl3O3/c1-6(3-11(15)16-2)17-10-5-8(13)7(12)4-9(10)14/h4-6H,3H2,1-2H3. The van der Waals surface area contributed by atoms with Crippen molar-refractivity contribution in [3.05, 3.63) is 27.2 Å². The van der Waals surface area contributed by atoms with Gasteiger partial charge >= 0.3 is 5.97 Å². The lowest BCUT2D eigenvalue weighted by atomic mass is 10.3. The van der Waals surface area contributed by atoms with E-state index < -0.39 is 0 Å². The minimum Gasteiger partial charge on any atom is -0.488 e. The smallest absolute Gasteiger partial charge is 0.309 e. The molecule has 94 valence electrons. The number of hydrogen-bond acceptors (Lipinski definition) is 3. The normalized spacial score (nSPS) is 12.1. The van der Waals surface area contributed by atoms with Crippen LogP contribution >= 0.6 is 34.8 Å². The minimum atomic E-state index is -0.364. The molecule has 1 unspecified atom stereocenters. The lowest BCUT2D eigenvalue weighted by Gasteiger charge is -2.15. The number of ether oxygens (including phenoxy) is 2. The van der Waals surface area contributed by atoms with Gasteiger partial charge in [0.1, 0.15) is 11.9 Å². The zero-order valence-corrected chi connectivity index (χ0v) is 11.6. The molecule has 0 fully saturated rings. The van der Waals surface area contributed by atoms with Crippen LogP contribution in [0.2, 0.25) is 15.1 Å². The van der Waals surface area contributed by atoms with Gasteiger partial charge in [-0.3, -0.25) is 4.79 Å². The Bertz CT molecular complexity index is 421. The lowest BCUT2D eigenvalue weighted by molar-refractivity contribution is -0.142. The van der Waals surface area contributed by atoms with Crippen LogP contribution in [-0.2, 0) is 9.53 Å². The van der Waals surface area contributed by atoms with E-state index in [1.165, 1.54) is 19.2 Å². The summed E-state index contributed by atoms with van der Waals surface area (Å²) < 4.78 is 10.0. The quantitative estimate of drug-likeness (QED) is 0.623. The Morgan fingerprint density at radius 2 is 1.82 bits per heavy atom. The molecule has 1 aromatic rings. The highest BCUT2D eigenvalue weighted by Crippen LogP contribution is 2.34. The molecule has 0 saturated carbocycles. The van der Waals surface area contributed by atoms with Gasteiger partial charge in [0, 0.05) is 6.07 Å². The van der Waals surface area contributed by atoms with Crippen LogP contribution in [0.3, 0.4) is 0 Å². The van der Waals surface area contributed by atoms with Crippen molar-refractivity contribution in [3.63, 3.8) is 0 Å². The van der Waals surface area contributed by atoms with Gasteiger partial charge in [0.25, 0.3) is 0 Å². The summed E-state index contributed by atoms with van der Waals surface area (Å²) in [6.45, 7) is 1.73. The van der Waals surface area contributed by atoms with Crippen molar-refractivity contribution in [2.45, 2.75) is 19.4 Å². The third-order valence-electron chi connectivity index (χ3n) is 1.98. The van der Waals surface area contributed by atoms with E-state index in [4.69, 9.17) is 39.5 Å². The Morgan fingerprint density at radius 3 is 2.41 bits per heavy atom. The van der Waals surface area contributed by atoms with E-state index in [9.17, 15) is 4.79 Å². The SMILES string of the molecule is COC(=O)CC(C)Oc1cc(Cl)c(Cl)cc1Cl. The first kappa shape index (κ1) is 14.4. The largest absolute Gasteiger partial charge is 0.488 e. The predicted octanol–water partition coefficient (Wildman–Crippen LogP) is 3.98. The zero-order chi connectivity index (χ0) is 13.0. The molecule has 0 saturated heterocycles. The number of hydrogen-bond donors (Lipinski definition) is 0. The van der Waals surface area contributed by atoms with Crippen LogP contribution in [0.1, 0.15) is 13.3 Å². The first-order valence-corrected chi connectivity index (χ1v) is 5.95. The van der Waals surface area contributed by atoms with Crippen LogP contribution in [0.15, 0.2) is 12.1 Å². The summed E-state index contributed by atoms with van der Waals surface area (Å²) >= 11 is 17.6. The number of carbonyl (C=O) groups excluding carboxylic acids is 1. The maximum Gasteiger partial charge on any atom is 0.309 e. The average Bonchev–Trinajstić information content (AvgIpc) is 2.25. The molecule has 0 aliphatic rings. The molecule has 3 nitrogen and oxygen atoms in total. The van der Waals surface area contributed by atoms with E-state index in [-0.39, 0.29) is 18.5 Å². The van der Waals surface area contributed by atoms with E-state index >= 15 is 0 Å². The summed E-state index contributed by atoms with van der Waals surface area (Å²) in [4.78, 5) is 11.0. The van der Waals surface area contributed by atoms with Crippen LogP contribution < -0.4 is 4.74 Å². The van der Waals surface area contributed by atoms with Gasteiger partial charge in [-0.15, -0.1) is 0 Å². The molecular formula is C11H11Cl3O3. The highest BCUT2D eigenvalue weighted by atomic mass is 35.5. The van der Waals surface area contributed by atoms with Gasteiger partial charge in [-0.1, -0.05) is 34.8 Å². The van der Waals surface area contributed by atoms with E-state index in [1.807, 2.05) is 0 Å². The van der Waals surface area contributed by atoms with Crippen molar-refractivity contribution in [1.29, 1.82) is 0 Å². The second-order valence-electron chi connectivity index (χ2n) is 3.41. The van der Waals surface area contributed by atoms with Gasteiger partial charge in [-0.25, -0.2) is 0 Å². The van der Waals surface area contributed by atoms with Crippen molar-refractivity contribution < 1.29 is 14.3 Å². The van der Waals surface area contributed by atoms with Gasteiger partial charge in [0.15, 0.2) is 0 Å². The number of carbonyl (C=O) groups is 1. The molecule has 17 heavy (non-hydrogen) atoms. The molecule has 0 heterocycles. The maximum atomic E-state index is 11.0. The predicted molar refractivity (Wildman–Crippen MR) is 68.2 cm³/mol. The summed E-state index contributed by atoms with van der Waals surface area (Å²) in [5.41, 5.74) is 0. The van der Waals surface area contributed by atoms with Gasteiger partial charge < -0.3 is 9.47 Å². The topological polar surface area (TPSA) is 35.5 Å². The molecule has 1 atom stereocenters. The van der Waals surface area contributed by atoms with Gasteiger partial charge in [0.2, 0.25) is 0 Å². The Morgan fingerprint density at radius 1 is 1.24 bits per heavy atom. The molecule has 0 bridgehead atoms. The summed E-state index contributed by atoms with van der Waals surface area (Å²) in [5.74, 6) is 0.0335. The molecule has 1 aromatic carbocycles. The van der Waals surface area contributed by atoms with Crippen molar-refractivity contribution in [2.24, 2.45) is 0 Å². The first-order chi connectivity index (χ1) is 7.93. The second-order valence-corrected chi connectivity index (χ2v) is 4.63. The summed E-state index contributed by atoms with van der Waals surface area (Å²) in [6, 6.07) is 3.01. The second kappa shape index (κ2) is 6.34. The van der Waals surface area contributed by atoms with Gasteiger partial charge in [-0.2, -0.15) is 0 Å². The number of benzene rings is 1. The molecular weight excluding hydrogens is 286 g/mol. The summed E-state index contributed by atoms with van der Waals surface area (Å²) in [5, 5.41) is 1.04. The maximum absolute atomic E-state index is 11.0. The number of halogens is 3. The number of rotatable bonds is 4. The molecule has 0 radical (unpaired) electrons. The summed E-state index contributed by atoms with van der Waals surface area (Å²) in [7, 11) is 1.32. The lowest BCUT2D eigenvalue weighted by Crippen LogP contribution is -2.18. The fourth-order valence-corrected chi connectivity index (χ4v) is 1.75. The highest BCUT2D eigenvalue weighted by molar-refractivity contribution is 6.43. The highest BCUT2D eigenvalue weighted by Gasteiger charge is 2.14. The average molecular weight is 298 g/mol. The van der Waals surface area contributed by atoms with Crippen LogP contribution in [0.25, 0.3) is 0 Å². The molecule has 0 aliphatic carbocycles. The third kappa shape index (κ3) is 4.26. The van der Waals surface area contributed by atoms with Gasteiger partial charge in [-0.05, 0) is 13.0 Å². The fourth-order valence-electron chi connectivity index (χ4n) is 1.17. The third-order valence-corrected chi connectivity index (χ3v) is 3.00. The van der Waals surface area contributed by atoms with E-state index in [2.05, 4.69) is 4.74 Å². The monoisotopic (exact) mass is 296 g/mol. The zero-order valence-electron chi connectivity index (χ0n) is 9.30. The molecule has 0 spiro atoms. The fraction of sp³-hybridized carbons (Fsp3) is 0.364. The molecule has 0 aromatic heterocycles. The van der Waals surface area contributed by atoms with Crippen LogP contribution in [0.5, 0.6) is 5.75 Å². The Balaban J connectivity index is 2.74. The minimum absolute atomic E-state index is 0.132. The van der Waals surface area contributed by atoms with Crippen molar-refractivity contribution in [2.75, 3.05) is 7.11 Å². The number of methoxy groups -OCH3 is 1. The molecule has 6 heteroatoms. The molecule has 0 aliphatic heterocycles. The van der Waals surface area contributed by atoms with Crippen LogP contribution in [-0.4, -0.2) is 19.2 Å². The summed E-state index contributed by atoms with van der Waals surface area (Å²) in [6.07, 6.45) is -0.232. The Hall–Kier alpha value is -0.640. The van der Waals surface area contributed by atoms with Crippen LogP contribution in [0, 0.1) is 0 Å². The van der Waals surface area contributed by atoms with Crippen molar-refractivity contribution >= 4 is 40.8 Å². The van der Waals surface area contributed by atoms with Gasteiger partial charge in [0.05, 0.1) is 28.6 Å². The Kier molecular flexibility index (Phi) is 5.37. The van der Waals surface area contributed by atoms with Crippen molar-refractivity contribution in [3.8, 4) is 5.75 Å². The molecule has 0 amide bonds. The molecule has 0 N–H and O–H groups in total. The first-order valence-electron chi connectivity index (χ1n) is 4.82.